The van der Waals surface area contributed by atoms with Crippen LogP contribution in [0.15, 0.2) is 12.1 Å². The first-order chi connectivity index (χ1) is 10.0. The number of carbonyl (C=O) groups is 2. The molecule has 2 rings (SSSR count). The summed E-state index contributed by atoms with van der Waals surface area (Å²) in [5.74, 6) is -1.25. The maximum absolute atomic E-state index is 12.2. The Hall–Kier alpha value is -1.56. The largest absolute Gasteiger partial charge is 0.478 e. The van der Waals surface area contributed by atoms with Crippen molar-refractivity contribution in [1.82, 2.24) is 10.3 Å². The monoisotopic (exact) mass is 308 g/mol. The second-order valence-corrected chi connectivity index (χ2v) is 6.46. The number of carboxylic acids is 1. The van der Waals surface area contributed by atoms with Gasteiger partial charge in [0.05, 0.1) is 11.3 Å². The molecule has 1 fully saturated rings. The molecule has 0 radical (unpaired) electrons. The number of thioether (sulfide) groups is 1. The maximum Gasteiger partial charge on any atom is 0.337 e. The summed E-state index contributed by atoms with van der Waals surface area (Å²) in [6.07, 6.45) is 6.35. The molecule has 0 atom stereocenters. The van der Waals surface area contributed by atoms with E-state index in [1.807, 2.05) is 11.8 Å². The molecule has 6 heteroatoms. The van der Waals surface area contributed by atoms with Gasteiger partial charge in [0.15, 0.2) is 0 Å². The topological polar surface area (TPSA) is 79.3 Å². The fourth-order valence-corrected chi connectivity index (χ4v) is 3.36. The Bertz CT molecular complexity index is 540. The van der Waals surface area contributed by atoms with E-state index in [0.717, 1.165) is 25.7 Å². The van der Waals surface area contributed by atoms with Crippen molar-refractivity contribution in [3.63, 3.8) is 0 Å². The molecule has 1 aromatic rings. The van der Waals surface area contributed by atoms with Gasteiger partial charge in [-0.25, -0.2) is 9.78 Å². The van der Waals surface area contributed by atoms with Crippen LogP contribution in [0, 0.1) is 6.92 Å². The molecule has 1 heterocycles. The van der Waals surface area contributed by atoms with E-state index in [2.05, 4.69) is 16.6 Å². The third kappa shape index (κ3) is 3.97. The number of nitrogens with zero attached hydrogens (tertiary/aromatic N) is 1. The molecular formula is C15H20N2O3S. The molecule has 0 bridgehead atoms. The highest BCUT2D eigenvalue weighted by Crippen LogP contribution is 2.26. The molecule has 0 aliphatic heterocycles. The zero-order valence-corrected chi connectivity index (χ0v) is 13.1. The van der Waals surface area contributed by atoms with Crippen molar-refractivity contribution in [2.24, 2.45) is 0 Å². The molecular weight excluding hydrogens is 288 g/mol. The molecule has 0 aromatic carbocycles. The number of amides is 1. The van der Waals surface area contributed by atoms with Crippen LogP contribution in [0.2, 0.25) is 0 Å². The van der Waals surface area contributed by atoms with Crippen molar-refractivity contribution in [3.05, 3.63) is 29.1 Å². The van der Waals surface area contributed by atoms with Crippen LogP contribution >= 0.6 is 11.8 Å². The predicted octanol–water partition coefficient (Wildman–Crippen LogP) is 2.49. The zero-order chi connectivity index (χ0) is 15.4. The van der Waals surface area contributed by atoms with Gasteiger partial charge < -0.3 is 10.4 Å². The average molecular weight is 308 g/mol. The van der Waals surface area contributed by atoms with Gasteiger partial charge in [-0.2, -0.15) is 11.8 Å². The lowest BCUT2D eigenvalue weighted by Crippen LogP contribution is -2.38. The summed E-state index contributed by atoms with van der Waals surface area (Å²) in [4.78, 5) is 27.2. The Balaban J connectivity index is 1.98. The smallest absolute Gasteiger partial charge is 0.337 e. The maximum atomic E-state index is 12.2. The van der Waals surface area contributed by atoms with Crippen LogP contribution in [0.25, 0.3) is 0 Å². The number of carbonyl (C=O) groups excluding carboxylic acids is 1. The zero-order valence-electron chi connectivity index (χ0n) is 12.3. The minimum atomic E-state index is -1.03. The summed E-state index contributed by atoms with van der Waals surface area (Å²) in [6, 6.07) is 3.10. The molecule has 2 N–H and O–H groups in total. The summed E-state index contributed by atoms with van der Waals surface area (Å²) >= 11 is 1.89. The summed E-state index contributed by atoms with van der Waals surface area (Å²) in [6.45, 7) is 1.60. The minimum Gasteiger partial charge on any atom is -0.478 e. The molecule has 0 spiro atoms. The number of hydrogen-bond donors (Lipinski definition) is 2. The molecule has 1 amide bonds. The third-order valence-electron chi connectivity index (χ3n) is 3.89. The van der Waals surface area contributed by atoms with Gasteiger partial charge in [0, 0.05) is 11.3 Å². The molecule has 5 nitrogen and oxygen atoms in total. The SMILES string of the molecule is CSC1CCC(NC(=O)c2ccc(C(=O)O)c(C)n2)CC1. The molecule has 21 heavy (non-hydrogen) atoms. The molecule has 1 saturated carbocycles. The Morgan fingerprint density at radius 1 is 1.29 bits per heavy atom. The summed E-state index contributed by atoms with van der Waals surface area (Å²) in [7, 11) is 0. The molecule has 0 unspecified atom stereocenters. The van der Waals surface area contributed by atoms with E-state index < -0.39 is 5.97 Å². The fraction of sp³-hybridized carbons (Fsp3) is 0.533. The van der Waals surface area contributed by atoms with Crippen molar-refractivity contribution in [2.45, 2.75) is 43.9 Å². The van der Waals surface area contributed by atoms with Gasteiger partial charge in [-0.1, -0.05) is 0 Å². The van der Waals surface area contributed by atoms with Gasteiger partial charge in [-0.05, 0) is 51.0 Å². The number of aryl methyl sites for hydroxylation is 1. The molecule has 0 saturated heterocycles. The van der Waals surface area contributed by atoms with E-state index in [1.54, 1.807) is 6.92 Å². The first-order valence-electron chi connectivity index (χ1n) is 7.06. The van der Waals surface area contributed by atoms with Gasteiger partial charge in [-0.3, -0.25) is 4.79 Å². The van der Waals surface area contributed by atoms with E-state index in [9.17, 15) is 9.59 Å². The minimum absolute atomic E-state index is 0.132. The second kappa shape index (κ2) is 6.93. The molecule has 1 aliphatic rings. The summed E-state index contributed by atoms with van der Waals surface area (Å²) < 4.78 is 0. The molecule has 1 aliphatic carbocycles. The number of pyridine rings is 1. The highest BCUT2D eigenvalue weighted by atomic mass is 32.2. The quantitative estimate of drug-likeness (QED) is 0.893. The second-order valence-electron chi connectivity index (χ2n) is 5.32. The molecule has 1 aromatic heterocycles. The van der Waals surface area contributed by atoms with Gasteiger partial charge in [0.1, 0.15) is 5.69 Å². The first-order valence-corrected chi connectivity index (χ1v) is 8.34. The van der Waals surface area contributed by atoms with Gasteiger partial charge in [0.25, 0.3) is 5.91 Å². The Labute approximate surface area is 128 Å². The highest BCUT2D eigenvalue weighted by molar-refractivity contribution is 7.99. The number of aromatic carboxylic acids is 1. The van der Waals surface area contributed by atoms with Crippen LogP contribution in [0.5, 0.6) is 0 Å². The van der Waals surface area contributed by atoms with E-state index >= 15 is 0 Å². The predicted molar refractivity (Wildman–Crippen MR) is 83.0 cm³/mol. The van der Waals surface area contributed by atoms with Gasteiger partial charge in [0.2, 0.25) is 0 Å². The van der Waals surface area contributed by atoms with Crippen LogP contribution in [0.1, 0.15) is 52.2 Å². The van der Waals surface area contributed by atoms with Gasteiger partial charge >= 0.3 is 5.97 Å². The van der Waals surface area contributed by atoms with Crippen molar-refractivity contribution in [1.29, 1.82) is 0 Å². The van der Waals surface area contributed by atoms with Crippen LogP contribution in [0.4, 0.5) is 0 Å². The van der Waals surface area contributed by atoms with E-state index in [1.165, 1.54) is 12.1 Å². The number of hydrogen-bond acceptors (Lipinski definition) is 4. The normalized spacial score (nSPS) is 21.8. The highest BCUT2D eigenvalue weighted by Gasteiger charge is 2.22. The average Bonchev–Trinajstić information content (AvgIpc) is 2.47. The number of carboxylic acid groups (broad SMARTS) is 1. The van der Waals surface area contributed by atoms with Crippen LogP contribution in [-0.4, -0.2) is 39.5 Å². The first kappa shape index (κ1) is 15.8. The number of nitrogens with one attached hydrogen (secondary N) is 1. The fourth-order valence-electron chi connectivity index (χ4n) is 2.62. The summed E-state index contributed by atoms with van der Waals surface area (Å²) in [5, 5.41) is 12.7. The third-order valence-corrected chi connectivity index (χ3v) is 5.03. The Morgan fingerprint density at radius 3 is 2.48 bits per heavy atom. The lowest BCUT2D eigenvalue weighted by molar-refractivity contribution is 0.0694. The summed E-state index contributed by atoms with van der Waals surface area (Å²) in [5.41, 5.74) is 0.776. The van der Waals surface area contributed by atoms with E-state index in [0.29, 0.717) is 10.9 Å². The van der Waals surface area contributed by atoms with Crippen LogP contribution < -0.4 is 5.32 Å². The Kier molecular flexibility index (Phi) is 5.22. The lowest BCUT2D eigenvalue weighted by Gasteiger charge is -2.27. The van der Waals surface area contributed by atoms with Crippen molar-refractivity contribution in [3.8, 4) is 0 Å². The van der Waals surface area contributed by atoms with Crippen molar-refractivity contribution < 1.29 is 14.7 Å². The van der Waals surface area contributed by atoms with Gasteiger partial charge in [-0.15, -0.1) is 0 Å². The van der Waals surface area contributed by atoms with E-state index in [-0.39, 0.29) is 23.2 Å². The molecule has 114 valence electrons. The number of aromatic nitrogens is 1. The Morgan fingerprint density at radius 2 is 1.95 bits per heavy atom. The van der Waals surface area contributed by atoms with Crippen molar-refractivity contribution in [2.75, 3.05) is 6.26 Å². The standard InChI is InChI=1S/C15H20N2O3S/c1-9-12(15(19)20)7-8-13(16-9)14(18)17-10-3-5-11(21-2)6-4-10/h7-8,10-11H,3-6H2,1-2H3,(H,17,18)(H,19,20). The number of rotatable bonds is 4. The van der Waals surface area contributed by atoms with E-state index in [4.69, 9.17) is 5.11 Å². The lowest BCUT2D eigenvalue weighted by atomic mass is 9.95. The van der Waals surface area contributed by atoms with Crippen molar-refractivity contribution >= 4 is 23.6 Å². The van der Waals surface area contributed by atoms with Crippen LogP contribution in [0.3, 0.4) is 0 Å². The van der Waals surface area contributed by atoms with Crippen LogP contribution in [-0.2, 0) is 0 Å².